The monoisotopic (exact) mass is 265 g/mol. The molecule has 1 amide bonds. The maximum absolute atomic E-state index is 11.7. The van der Waals surface area contributed by atoms with Crippen molar-refractivity contribution in [3.05, 3.63) is 35.9 Å². The van der Waals surface area contributed by atoms with Crippen LogP contribution in [0.5, 0.6) is 0 Å². The van der Waals surface area contributed by atoms with Crippen molar-refractivity contribution in [1.29, 1.82) is 0 Å². The van der Waals surface area contributed by atoms with Crippen molar-refractivity contribution >= 4 is 6.09 Å². The predicted molar refractivity (Wildman–Crippen MR) is 74.7 cm³/mol. The summed E-state index contributed by atoms with van der Waals surface area (Å²) in [6.45, 7) is 4.50. The zero-order valence-electron chi connectivity index (χ0n) is 11.6. The zero-order chi connectivity index (χ0) is 14.1. The Hall–Kier alpha value is -1.55. The smallest absolute Gasteiger partial charge is 0.407 e. The minimum Gasteiger partial charge on any atom is -0.445 e. The van der Waals surface area contributed by atoms with E-state index >= 15 is 0 Å². The fourth-order valence-corrected chi connectivity index (χ4v) is 1.91. The number of amides is 1. The van der Waals surface area contributed by atoms with E-state index in [9.17, 15) is 4.79 Å². The highest BCUT2D eigenvalue weighted by Crippen LogP contribution is 2.08. The number of nitrogens with one attached hydrogen (secondary N) is 1. The largest absolute Gasteiger partial charge is 0.445 e. The van der Waals surface area contributed by atoms with E-state index in [4.69, 9.17) is 9.84 Å². The van der Waals surface area contributed by atoms with Gasteiger partial charge in [0.1, 0.15) is 6.61 Å². The molecule has 0 fully saturated rings. The summed E-state index contributed by atoms with van der Waals surface area (Å²) < 4.78 is 5.15. The second-order valence-electron chi connectivity index (χ2n) is 5.04. The third-order valence-electron chi connectivity index (χ3n) is 2.77. The minimum atomic E-state index is -0.428. The lowest BCUT2D eigenvalue weighted by Gasteiger charge is -2.19. The Labute approximate surface area is 114 Å². The van der Waals surface area contributed by atoms with Crippen LogP contribution in [0.25, 0.3) is 0 Å². The van der Waals surface area contributed by atoms with Crippen LogP contribution in [-0.2, 0) is 11.3 Å². The number of alkyl carbamates (subject to hydrolysis) is 1. The van der Waals surface area contributed by atoms with Gasteiger partial charge in [0.15, 0.2) is 0 Å². The van der Waals surface area contributed by atoms with Crippen molar-refractivity contribution in [2.75, 3.05) is 6.61 Å². The quantitative estimate of drug-likeness (QED) is 0.797. The Bertz CT molecular complexity index is 365. The molecule has 106 valence electrons. The molecule has 2 N–H and O–H groups in total. The van der Waals surface area contributed by atoms with Crippen molar-refractivity contribution < 1.29 is 14.6 Å². The predicted octanol–water partition coefficient (Wildman–Crippen LogP) is 2.71. The van der Waals surface area contributed by atoms with Gasteiger partial charge >= 0.3 is 6.09 Å². The number of aliphatic hydroxyl groups excluding tert-OH is 1. The van der Waals surface area contributed by atoms with E-state index in [1.54, 1.807) is 0 Å². The van der Waals surface area contributed by atoms with Crippen LogP contribution in [0.1, 0.15) is 32.3 Å². The van der Waals surface area contributed by atoms with Gasteiger partial charge < -0.3 is 15.2 Å². The number of ether oxygens (including phenoxy) is 1. The molecule has 4 nitrogen and oxygen atoms in total. The van der Waals surface area contributed by atoms with Crippen molar-refractivity contribution in [1.82, 2.24) is 5.32 Å². The van der Waals surface area contributed by atoms with Crippen LogP contribution in [0, 0.1) is 5.92 Å². The van der Waals surface area contributed by atoms with Gasteiger partial charge in [-0.25, -0.2) is 4.79 Å². The molecule has 0 radical (unpaired) electrons. The maximum atomic E-state index is 11.7. The number of benzene rings is 1. The Morgan fingerprint density at radius 1 is 1.32 bits per heavy atom. The van der Waals surface area contributed by atoms with Crippen LogP contribution < -0.4 is 5.32 Å². The molecule has 0 aromatic heterocycles. The molecule has 0 spiro atoms. The zero-order valence-corrected chi connectivity index (χ0v) is 11.6. The van der Waals surface area contributed by atoms with Crippen LogP contribution in [0.2, 0.25) is 0 Å². The molecular weight excluding hydrogens is 242 g/mol. The Morgan fingerprint density at radius 2 is 2.00 bits per heavy atom. The molecule has 4 heteroatoms. The molecule has 1 atom stereocenters. The Balaban J connectivity index is 2.35. The lowest BCUT2D eigenvalue weighted by molar-refractivity contribution is 0.131. The van der Waals surface area contributed by atoms with Gasteiger partial charge in [0.2, 0.25) is 0 Å². The standard InChI is InChI=1S/C15H23NO3/c1-12(2)10-14(8-9-17)16-15(18)19-11-13-6-4-3-5-7-13/h3-7,12,14,17H,8-11H2,1-2H3,(H,16,18)/t14-/m1/s1. The third kappa shape index (κ3) is 6.82. The highest BCUT2D eigenvalue weighted by molar-refractivity contribution is 5.67. The van der Waals surface area contributed by atoms with E-state index in [1.807, 2.05) is 30.3 Å². The first-order valence-corrected chi connectivity index (χ1v) is 6.70. The van der Waals surface area contributed by atoms with Crippen molar-refractivity contribution in [2.45, 2.75) is 39.3 Å². The highest BCUT2D eigenvalue weighted by Gasteiger charge is 2.14. The Morgan fingerprint density at radius 3 is 2.58 bits per heavy atom. The van der Waals surface area contributed by atoms with Gasteiger partial charge in [0, 0.05) is 12.6 Å². The van der Waals surface area contributed by atoms with E-state index in [0.29, 0.717) is 12.3 Å². The number of hydrogen-bond acceptors (Lipinski definition) is 3. The molecule has 1 aromatic rings. The van der Waals surface area contributed by atoms with Crippen LogP contribution >= 0.6 is 0 Å². The minimum absolute atomic E-state index is 0.0340. The number of carbonyl (C=O) groups is 1. The maximum Gasteiger partial charge on any atom is 0.407 e. The van der Waals surface area contributed by atoms with E-state index in [-0.39, 0.29) is 19.3 Å². The number of aliphatic hydroxyl groups is 1. The Kier molecular flexibility index (Phi) is 6.97. The SMILES string of the molecule is CC(C)C[C@@H](CCO)NC(=O)OCc1ccccc1. The molecule has 19 heavy (non-hydrogen) atoms. The summed E-state index contributed by atoms with van der Waals surface area (Å²) in [5, 5.41) is 11.8. The molecule has 0 aliphatic heterocycles. The molecule has 0 unspecified atom stereocenters. The summed E-state index contributed by atoms with van der Waals surface area (Å²) in [5.74, 6) is 0.464. The molecular formula is C15H23NO3. The first kappa shape index (κ1) is 15.5. The normalized spacial score (nSPS) is 12.2. The van der Waals surface area contributed by atoms with E-state index in [1.165, 1.54) is 0 Å². The van der Waals surface area contributed by atoms with Gasteiger partial charge in [-0.1, -0.05) is 44.2 Å². The van der Waals surface area contributed by atoms with Gasteiger partial charge in [0.05, 0.1) is 0 Å². The first-order chi connectivity index (χ1) is 9.11. The fourth-order valence-electron chi connectivity index (χ4n) is 1.91. The summed E-state index contributed by atoms with van der Waals surface area (Å²) in [5.41, 5.74) is 0.959. The van der Waals surface area contributed by atoms with Crippen LogP contribution in [0.4, 0.5) is 4.79 Å². The summed E-state index contributed by atoms with van der Waals surface area (Å²) in [6.07, 6.45) is 0.961. The fraction of sp³-hybridized carbons (Fsp3) is 0.533. The number of rotatable bonds is 7. The number of hydrogen-bond donors (Lipinski definition) is 2. The molecule has 0 aliphatic carbocycles. The van der Waals surface area contributed by atoms with Crippen LogP contribution in [0.3, 0.4) is 0 Å². The van der Waals surface area contributed by atoms with Gasteiger partial charge in [0.25, 0.3) is 0 Å². The van der Waals surface area contributed by atoms with Crippen LogP contribution in [-0.4, -0.2) is 23.8 Å². The third-order valence-corrected chi connectivity index (χ3v) is 2.77. The summed E-state index contributed by atoms with van der Waals surface area (Å²) in [7, 11) is 0. The van der Waals surface area contributed by atoms with Gasteiger partial charge in [-0.3, -0.25) is 0 Å². The van der Waals surface area contributed by atoms with E-state index in [2.05, 4.69) is 19.2 Å². The average molecular weight is 265 g/mol. The van der Waals surface area contributed by atoms with Gasteiger partial charge in [-0.2, -0.15) is 0 Å². The second-order valence-corrected chi connectivity index (χ2v) is 5.04. The molecule has 0 aliphatic rings. The molecule has 0 saturated carbocycles. The topological polar surface area (TPSA) is 58.6 Å². The average Bonchev–Trinajstić information content (AvgIpc) is 2.37. The van der Waals surface area contributed by atoms with Crippen LogP contribution in [0.15, 0.2) is 30.3 Å². The summed E-state index contributed by atoms with van der Waals surface area (Å²) >= 11 is 0. The van der Waals surface area contributed by atoms with Crippen molar-refractivity contribution in [3.63, 3.8) is 0 Å². The highest BCUT2D eigenvalue weighted by atomic mass is 16.5. The number of carbonyl (C=O) groups excluding carboxylic acids is 1. The molecule has 1 aromatic carbocycles. The molecule has 0 saturated heterocycles. The second kappa shape index (κ2) is 8.53. The first-order valence-electron chi connectivity index (χ1n) is 6.70. The summed E-state index contributed by atoms with van der Waals surface area (Å²) in [4.78, 5) is 11.7. The van der Waals surface area contributed by atoms with E-state index < -0.39 is 6.09 Å². The molecule has 0 heterocycles. The van der Waals surface area contributed by atoms with Gasteiger partial charge in [-0.15, -0.1) is 0 Å². The van der Waals surface area contributed by atoms with Crippen molar-refractivity contribution in [3.8, 4) is 0 Å². The lowest BCUT2D eigenvalue weighted by Crippen LogP contribution is -2.36. The lowest BCUT2D eigenvalue weighted by atomic mass is 10.0. The van der Waals surface area contributed by atoms with Crippen molar-refractivity contribution in [2.24, 2.45) is 5.92 Å². The molecule has 1 rings (SSSR count). The summed E-state index contributed by atoms with van der Waals surface area (Å²) in [6, 6.07) is 9.52. The molecule has 0 bridgehead atoms. The van der Waals surface area contributed by atoms with E-state index in [0.717, 1.165) is 12.0 Å². The van der Waals surface area contributed by atoms with Gasteiger partial charge in [-0.05, 0) is 24.3 Å².